The van der Waals surface area contributed by atoms with Crippen molar-refractivity contribution in [2.24, 2.45) is 0 Å². The van der Waals surface area contributed by atoms with Crippen molar-refractivity contribution in [2.45, 2.75) is 46.2 Å². The van der Waals surface area contributed by atoms with Crippen molar-refractivity contribution in [3.8, 4) is 5.75 Å². The highest BCUT2D eigenvalue weighted by molar-refractivity contribution is 7.11. The second kappa shape index (κ2) is 7.04. The highest BCUT2D eigenvalue weighted by Crippen LogP contribution is 2.34. The van der Waals surface area contributed by atoms with Gasteiger partial charge in [0, 0.05) is 17.1 Å². The number of nitrogens with zero attached hydrogens (tertiary/aromatic N) is 3. The van der Waals surface area contributed by atoms with Crippen LogP contribution in [0.15, 0.2) is 12.4 Å². The van der Waals surface area contributed by atoms with Gasteiger partial charge in [0.2, 0.25) is 0 Å². The molecule has 116 valence electrons. The van der Waals surface area contributed by atoms with Gasteiger partial charge in [-0.15, -0.1) is 11.3 Å². The molecule has 1 N–H and O–H groups in total. The molecule has 0 radical (unpaired) electrons. The summed E-state index contributed by atoms with van der Waals surface area (Å²) in [5, 5.41) is 9.16. The Morgan fingerprint density at radius 2 is 2.14 bits per heavy atom. The van der Waals surface area contributed by atoms with Crippen LogP contribution in [0, 0.1) is 6.92 Å². The Bertz CT molecular complexity index is 576. The normalized spacial score (nSPS) is 12.9. The lowest BCUT2D eigenvalue weighted by molar-refractivity contribution is 0.394. The van der Waals surface area contributed by atoms with E-state index in [4.69, 9.17) is 4.74 Å². The average molecular weight is 308 g/mol. The summed E-state index contributed by atoms with van der Waals surface area (Å²) in [6.45, 7) is 9.39. The molecule has 0 aliphatic rings. The van der Waals surface area contributed by atoms with Crippen molar-refractivity contribution in [2.75, 3.05) is 13.7 Å². The monoisotopic (exact) mass is 308 g/mol. The summed E-state index contributed by atoms with van der Waals surface area (Å²) in [6.07, 6.45) is 4.82. The number of thiazole rings is 1. The maximum Gasteiger partial charge on any atom is 0.161 e. The summed E-state index contributed by atoms with van der Waals surface area (Å²) >= 11 is 1.71. The van der Waals surface area contributed by atoms with Crippen LogP contribution >= 0.6 is 11.3 Å². The van der Waals surface area contributed by atoms with Crippen LogP contribution in [0.25, 0.3) is 0 Å². The number of aromatic nitrogens is 3. The fraction of sp³-hybridized carbons (Fsp3) is 0.600. The van der Waals surface area contributed by atoms with Gasteiger partial charge in [0.1, 0.15) is 5.69 Å². The molecule has 2 heterocycles. The first-order valence-electron chi connectivity index (χ1n) is 7.35. The number of nitrogens with one attached hydrogen (secondary N) is 1. The van der Waals surface area contributed by atoms with Crippen LogP contribution < -0.4 is 10.1 Å². The van der Waals surface area contributed by atoms with E-state index in [1.807, 2.05) is 17.8 Å². The van der Waals surface area contributed by atoms with Crippen molar-refractivity contribution in [1.82, 2.24) is 20.1 Å². The first kappa shape index (κ1) is 16.0. The Kier molecular flexibility index (Phi) is 5.36. The van der Waals surface area contributed by atoms with Crippen molar-refractivity contribution >= 4 is 11.3 Å². The molecule has 1 atom stereocenters. The van der Waals surface area contributed by atoms with Crippen LogP contribution in [0.3, 0.4) is 0 Å². The van der Waals surface area contributed by atoms with Gasteiger partial charge in [0.25, 0.3) is 0 Å². The Labute approximate surface area is 130 Å². The number of hydrogen-bond acceptors (Lipinski definition) is 5. The molecule has 2 rings (SSSR count). The second-order valence-corrected chi connectivity index (χ2v) is 6.57. The van der Waals surface area contributed by atoms with Gasteiger partial charge < -0.3 is 10.1 Å². The van der Waals surface area contributed by atoms with Gasteiger partial charge in [-0.1, -0.05) is 6.92 Å². The zero-order valence-corrected chi connectivity index (χ0v) is 14.2. The van der Waals surface area contributed by atoms with E-state index >= 15 is 0 Å². The van der Waals surface area contributed by atoms with Gasteiger partial charge in [-0.25, -0.2) is 4.98 Å². The van der Waals surface area contributed by atoms with Crippen LogP contribution in [0.2, 0.25) is 0 Å². The maximum atomic E-state index is 5.53. The minimum atomic E-state index is 0.0657. The molecule has 21 heavy (non-hydrogen) atoms. The minimum Gasteiger partial charge on any atom is -0.493 e. The molecular formula is C15H24N4OS. The molecular weight excluding hydrogens is 284 g/mol. The van der Waals surface area contributed by atoms with E-state index in [9.17, 15) is 0 Å². The van der Waals surface area contributed by atoms with Crippen LogP contribution in [-0.2, 0) is 0 Å². The summed E-state index contributed by atoms with van der Waals surface area (Å²) < 4.78 is 7.56. The smallest absolute Gasteiger partial charge is 0.161 e. The van der Waals surface area contributed by atoms with Gasteiger partial charge in [-0.05, 0) is 33.7 Å². The number of rotatable bonds is 7. The molecule has 0 amide bonds. The summed E-state index contributed by atoms with van der Waals surface area (Å²) in [7, 11) is 1.69. The fourth-order valence-corrected chi connectivity index (χ4v) is 3.20. The zero-order valence-electron chi connectivity index (χ0n) is 13.4. The Balaban J connectivity index is 2.47. The van der Waals surface area contributed by atoms with Gasteiger partial charge >= 0.3 is 0 Å². The first-order chi connectivity index (χ1) is 10.1. The number of methoxy groups -OCH3 is 1. The lowest BCUT2D eigenvalue weighted by Crippen LogP contribution is -2.26. The quantitative estimate of drug-likeness (QED) is 0.852. The van der Waals surface area contributed by atoms with Crippen molar-refractivity contribution in [3.05, 3.63) is 28.0 Å². The van der Waals surface area contributed by atoms with Crippen LogP contribution in [-0.4, -0.2) is 28.4 Å². The lowest BCUT2D eigenvalue weighted by atomic mass is 10.1. The van der Waals surface area contributed by atoms with E-state index in [1.165, 1.54) is 4.88 Å². The lowest BCUT2D eigenvalue weighted by Gasteiger charge is -2.21. The molecule has 0 saturated carbocycles. The molecule has 0 aromatic carbocycles. The fourth-order valence-electron chi connectivity index (χ4n) is 2.33. The molecule has 5 nitrogen and oxygen atoms in total. The Morgan fingerprint density at radius 3 is 2.67 bits per heavy atom. The van der Waals surface area contributed by atoms with Crippen LogP contribution in [0.1, 0.15) is 54.9 Å². The largest absolute Gasteiger partial charge is 0.493 e. The van der Waals surface area contributed by atoms with E-state index < -0.39 is 0 Å². The summed E-state index contributed by atoms with van der Waals surface area (Å²) in [5.41, 5.74) is 1.07. The molecule has 1 unspecified atom stereocenters. The SMILES string of the molecule is CCCNC(c1cnc(C)s1)c1c(OC)cnn1C(C)C. The van der Waals surface area contributed by atoms with E-state index in [2.05, 4.69) is 36.2 Å². The van der Waals surface area contributed by atoms with E-state index in [-0.39, 0.29) is 12.1 Å². The predicted octanol–water partition coefficient (Wildman–Crippen LogP) is 3.33. The van der Waals surface area contributed by atoms with E-state index in [0.29, 0.717) is 0 Å². The topological polar surface area (TPSA) is 52.0 Å². The number of ether oxygens (including phenoxy) is 1. The molecule has 0 bridgehead atoms. The van der Waals surface area contributed by atoms with Gasteiger partial charge in [-0.3, -0.25) is 4.68 Å². The highest BCUT2D eigenvalue weighted by Gasteiger charge is 2.25. The van der Waals surface area contributed by atoms with Crippen molar-refractivity contribution in [3.63, 3.8) is 0 Å². The third-order valence-corrected chi connectivity index (χ3v) is 4.28. The molecule has 0 spiro atoms. The molecule has 2 aromatic rings. The third-order valence-electron chi connectivity index (χ3n) is 3.30. The summed E-state index contributed by atoms with van der Waals surface area (Å²) in [6, 6.07) is 0.347. The van der Waals surface area contributed by atoms with Gasteiger partial charge in [0.15, 0.2) is 5.75 Å². The maximum absolute atomic E-state index is 5.53. The molecule has 2 aromatic heterocycles. The predicted molar refractivity (Wildman–Crippen MR) is 86.2 cm³/mol. The highest BCUT2D eigenvalue weighted by atomic mass is 32.1. The van der Waals surface area contributed by atoms with Crippen molar-refractivity contribution in [1.29, 1.82) is 0 Å². The minimum absolute atomic E-state index is 0.0657. The van der Waals surface area contributed by atoms with E-state index in [0.717, 1.165) is 29.4 Å². The molecule has 0 aliphatic carbocycles. The number of aryl methyl sites for hydroxylation is 1. The first-order valence-corrected chi connectivity index (χ1v) is 8.17. The zero-order chi connectivity index (χ0) is 15.4. The molecule has 0 aliphatic heterocycles. The second-order valence-electron chi connectivity index (χ2n) is 5.31. The molecule has 0 fully saturated rings. The summed E-state index contributed by atoms with van der Waals surface area (Å²) in [4.78, 5) is 5.59. The van der Waals surface area contributed by atoms with E-state index in [1.54, 1.807) is 24.6 Å². The van der Waals surface area contributed by atoms with Crippen LogP contribution in [0.4, 0.5) is 0 Å². The van der Waals surface area contributed by atoms with Crippen LogP contribution in [0.5, 0.6) is 5.75 Å². The third kappa shape index (κ3) is 3.44. The summed E-state index contributed by atoms with van der Waals surface area (Å²) in [5.74, 6) is 0.823. The Hall–Kier alpha value is -1.40. The Morgan fingerprint density at radius 1 is 1.38 bits per heavy atom. The van der Waals surface area contributed by atoms with Crippen molar-refractivity contribution < 1.29 is 4.74 Å². The van der Waals surface area contributed by atoms with Gasteiger partial charge in [0.05, 0.1) is 24.4 Å². The molecule has 6 heteroatoms. The standard InChI is InChI=1S/C15H24N4OS/c1-6-7-16-14(13-9-17-11(4)21-13)15-12(20-5)8-18-19(15)10(2)3/h8-10,14,16H,6-7H2,1-5H3. The van der Waals surface area contributed by atoms with Gasteiger partial charge in [-0.2, -0.15) is 5.10 Å². The average Bonchev–Trinajstić information content (AvgIpc) is 3.06. The number of hydrogen-bond donors (Lipinski definition) is 1. The molecule has 0 saturated heterocycles.